The first kappa shape index (κ1) is 20.7. The molecular formula is C20H21N3O5S. The van der Waals surface area contributed by atoms with E-state index in [0.29, 0.717) is 11.3 Å². The number of anilines is 2. The molecule has 8 nitrogen and oxygen atoms in total. The summed E-state index contributed by atoms with van der Waals surface area (Å²) in [6.07, 6.45) is 2.17. The number of nitro benzene ring substituents is 1. The van der Waals surface area contributed by atoms with Gasteiger partial charge >= 0.3 is 5.97 Å². The SMILES string of the molecule is COC(=O)c1ccc(N2CCCC2)c(NC(=O)CSc2ccc([N+](=O)[O-])cc2)c1. The number of rotatable bonds is 7. The summed E-state index contributed by atoms with van der Waals surface area (Å²) in [5.74, 6) is -0.552. The Labute approximate surface area is 172 Å². The monoisotopic (exact) mass is 415 g/mol. The second-order valence-electron chi connectivity index (χ2n) is 6.51. The van der Waals surface area contributed by atoms with E-state index in [4.69, 9.17) is 4.74 Å². The average Bonchev–Trinajstić information content (AvgIpc) is 3.26. The Hall–Kier alpha value is -3.07. The minimum Gasteiger partial charge on any atom is -0.465 e. The van der Waals surface area contributed by atoms with E-state index in [1.165, 1.54) is 31.0 Å². The molecular weight excluding hydrogens is 394 g/mol. The number of methoxy groups -OCH3 is 1. The molecule has 1 N–H and O–H groups in total. The van der Waals surface area contributed by atoms with Crippen LogP contribution >= 0.6 is 11.8 Å². The maximum atomic E-state index is 12.5. The number of carbonyl (C=O) groups is 2. The van der Waals surface area contributed by atoms with Crippen molar-refractivity contribution in [2.45, 2.75) is 17.7 Å². The van der Waals surface area contributed by atoms with Crippen LogP contribution in [0.25, 0.3) is 0 Å². The summed E-state index contributed by atoms with van der Waals surface area (Å²) in [6, 6.07) is 11.2. The second-order valence-corrected chi connectivity index (χ2v) is 7.55. The Morgan fingerprint density at radius 1 is 1.17 bits per heavy atom. The summed E-state index contributed by atoms with van der Waals surface area (Å²) < 4.78 is 4.78. The van der Waals surface area contributed by atoms with E-state index < -0.39 is 10.9 Å². The van der Waals surface area contributed by atoms with Crippen LogP contribution in [0.1, 0.15) is 23.2 Å². The summed E-state index contributed by atoms with van der Waals surface area (Å²) >= 11 is 1.28. The van der Waals surface area contributed by atoms with Crippen LogP contribution in [0.5, 0.6) is 0 Å². The van der Waals surface area contributed by atoms with Gasteiger partial charge in [-0.2, -0.15) is 0 Å². The standard InChI is InChI=1S/C20H21N3O5S/c1-28-20(25)14-4-9-18(22-10-2-3-11-22)17(12-14)21-19(24)13-29-16-7-5-15(6-8-16)23(26)27/h4-9,12H,2-3,10-11,13H2,1H3,(H,21,24). The average molecular weight is 415 g/mol. The van der Waals surface area contributed by atoms with Gasteiger partial charge in [0, 0.05) is 30.1 Å². The number of nitrogens with one attached hydrogen (secondary N) is 1. The molecule has 1 aliphatic rings. The highest BCUT2D eigenvalue weighted by molar-refractivity contribution is 8.00. The van der Waals surface area contributed by atoms with Gasteiger partial charge in [0.15, 0.2) is 0 Å². The van der Waals surface area contributed by atoms with E-state index in [1.54, 1.807) is 24.3 Å². The number of nitro groups is 1. The first-order valence-corrected chi connectivity index (χ1v) is 10.1. The number of thioether (sulfide) groups is 1. The van der Waals surface area contributed by atoms with Crippen molar-refractivity contribution in [1.29, 1.82) is 0 Å². The molecule has 2 aromatic carbocycles. The zero-order chi connectivity index (χ0) is 20.8. The number of hydrogen-bond donors (Lipinski definition) is 1. The molecule has 1 heterocycles. The Bertz CT molecular complexity index is 911. The highest BCUT2D eigenvalue weighted by Gasteiger charge is 2.19. The minimum atomic E-state index is -0.464. The molecule has 2 aromatic rings. The van der Waals surface area contributed by atoms with Crippen LogP contribution in [0.2, 0.25) is 0 Å². The molecule has 3 rings (SSSR count). The highest BCUT2D eigenvalue weighted by atomic mass is 32.2. The maximum Gasteiger partial charge on any atom is 0.337 e. The second kappa shape index (κ2) is 9.42. The van der Waals surface area contributed by atoms with Crippen LogP contribution in [-0.2, 0) is 9.53 Å². The number of carbonyl (C=O) groups excluding carboxylic acids is 2. The van der Waals surface area contributed by atoms with Crippen molar-refractivity contribution >= 4 is 40.7 Å². The fourth-order valence-electron chi connectivity index (χ4n) is 3.11. The van der Waals surface area contributed by atoms with Gasteiger partial charge in [0.25, 0.3) is 5.69 Å². The molecule has 0 bridgehead atoms. The number of ether oxygens (including phenoxy) is 1. The maximum absolute atomic E-state index is 12.5. The van der Waals surface area contributed by atoms with Gasteiger partial charge in [-0.1, -0.05) is 0 Å². The van der Waals surface area contributed by atoms with Gasteiger partial charge in [0.1, 0.15) is 0 Å². The quantitative estimate of drug-likeness (QED) is 0.318. The van der Waals surface area contributed by atoms with Gasteiger partial charge in [-0.05, 0) is 43.2 Å². The van der Waals surface area contributed by atoms with Gasteiger partial charge in [-0.15, -0.1) is 11.8 Å². The number of hydrogen-bond acceptors (Lipinski definition) is 7. The molecule has 0 aromatic heterocycles. The minimum absolute atomic E-state index is 0.00804. The molecule has 9 heteroatoms. The third kappa shape index (κ3) is 5.26. The van der Waals surface area contributed by atoms with Crippen molar-refractivity contribution in [3.63, 3.8) is 0 Å². The normalized spacial score (nSPS) is 13.2. The predicted molar refractivity (Wildman–Crippen MR) is 112 cm³/mol. The van der Waals surface area contributed by atoms with E-state index in [2.05, 4.69) is 10.2 Å². The summed E-state index contributed by atoms with van der Waals surface area (Å²) in [7, 11) is 1.32. The largest absolute Gasteiger partial charge is 0.465 e. The molecule has 1 amide bonds. The van der Waals surface area contributed by atoms with Crippen LogP contribution in [0.3, 0.4) is 0 Å². The van der Waals surface area contributed by atoms with Crippen LogP contribution in [0.15, 0.2) is 47.4 Å². The molecule has 0 radical (unpaired) electrons. The van der Waals surface area contributed by atoms with Gasteiger partial charge in [-0.25, -0.2) is 4.79 Å². The Morgan fingerprint density at radius 3 is 2.48 bits per heavy atom. The zero-order valence-corrected chi connectivity index (χ0v) is 16.7. The number of nitrogens with zero attached hydrogens (tertiary/aromatic N) is 2. The third-order valence-corrected chi connectivity index (χ3v) is 5.57. The number of non-ortho nitro benzene ring substituents is 1. The van der Waals surface area contributed by atoms with E-state index in [0.717, 1.165) is 36.5 Å². The number of amides is 1. The summed E-state index contributed by atoms with van der Waals surface area (Å²) in [6.45, 7) is 1.80. The van der Waals surface area contributed by atoms with Crippen molar-refractivity contribution in [2.24, 2.45) is 0 Å². The predicted octanol–water partition coefficient (Wildman–Crippen LogP) is 3.71. The van der Waals surface area contributed by atoms with Crippen molar-refractivity contribution in [3.8, 4) is 0 Å². The van der Waals surface area contributed by atoms with Crippen LogP contribution in [0.4, 0.5) is 17.1 Å². The lowest BCUT2D eigenvalue weighted by Crippen LogP contribution is -2.22. The smallest absolute Gasteiger partial charge is 0.337 e. The van der Waals surface area contributed by atoms with Gasteiger partial charge in [0.05, 0.1) is 34.7 Å². The molecule has 152 valence electrons. The first-order valence-electron chi connectivity index (χ1n) is 9.12. The molecule has 29 heavy (non-hydrogen) atoms. The Balaban J connectivity index is 1.70. The van der Waals surface area contributed by atoms with E-state index in [-0.39, 0.29) is 17.3 Å². The molecule has 0 unspecified atom stereocenters. The van der Waals surface area contributed by atoms with Crippen molar-refractivity contribution in [1.82, 2.24) is 0 Å². The molecule has 1 aliphatic heterocycles. The van der Waals surface area contributed by atoms with Gasteiger partial charge in [-0.3, -0.25) is 14.9 Å². The summed E-state index contributed by atoms with van der Waals surface area (Å²) in [4.78, 5) is 37.6. The van der Waals surface area contributed by atoms with Crippen molar-refractivity contribution in [2.75, 3.05) is 36.2 Å². The topological polar surface area (TPSA) is 102 Å². The fraction of sp³-hybridized carbons (Fsp3) is 0.300. The molecule has 0 spiro atoms. The summed E-state index contributed by atoms with van der Waals surface area (Å²) in [5.41, 5.74) is 1.83. The van der Waals surface area contributed by atoms with E-state index >= 15 is 0 Å². The highest BCUT2D eigenvalue weighted by Crippen LogP contribution is 2.31. The third-order valence-electron chi connectivity index (χ3n) is 4.56. The van der Waals surface area contributed by atoms with Crippen LogP contribution in [0, 0.1) is 10.1 Å². The fourth-order valence-corrected chi connectivity index (χ4v) is 3.81. The Morgan fingerprint density at radius 2 is 1.86 bits per heavy atom. The van der Waals surface area contributed by atoms with Crippen molar-refractivity contribution in [3.05, 3.63) is 58.1 Å². The first-order chi connectivity index (χ1) is 14.0. The van der Waals surface area contributed by atoms with Gasteiger partial charge in [0.2, 0.25) is 5.91 Å². The Kier molecular flexibility index (Phi) is 6.71. The lowest BCUT2D eigenvalue weighted by atomic mass is 10.1. The van der Waals surface area contributed by atoms with Crippen molar-refractivity contribution < 1.29 is 19.2 Å². The lowest BCUT2D eigenvalue weighted by molar-refractivity contribution is -0.384. The van der Waals surface area contributed by atoms with Gasteiger partial charge < -0.3 is 15.0 Å². The van der Waals surface area contributed by atoms with E-state index in [1.807, 2.05) is 6.07 Å². The van der Waals surface area contributed by atoms with E-state index in [9.17, 15) is 19.7 Å². The van der Waals surface area contributed by atoms with Crippen LogP contribution in [-0.4, -0.2) is 42.8 Å². The number of benzene rings is 2. The molecule has 1 fully saturated rings. The zero-order valence-electron chi connectivity index (χ0n) is 15.9. The number of esters is 1. The molecule has 0 atom stereocenters. The molecule has 0 saturated carbocycles. The molecule has 1 saturated heterocycles. The molecule has 0 aliphatic carbocycles. The van der Waals surface area contributed by atoms with Crippen LogP contribution < -0.4 is 10.2 Å². The lowest BCUT2D eigenvalue weighted by Gasteiger charge is -2.22. The summed E-state index contributed by atoms with van der Waals surface area (Å²) in [5, 5.41) is 13.6.